The normalized spacial score (nSPS) is 16.1. The zero-order chi connectivity index (χ0) is 13.1. The summed E-state index contributed by atoms with van der Waals surface area (Å²) in [5, 5.41) is 2.99. The van der Waals surface area contributed by atoms with Gasteiger partial charge < -0.3 is 15.8 Å². The molecule has 0 heterocycles. The van der Waals surface area contributed by atoms with Gasteiger partial charge in [0.15, 0.2) is 5.75 Å². The number of hydrogen-bond acceptors (Lipinski definition) is 3. The maximum absolute atomic E-state index is 12.1. The van der Waals surface area contributed by atoms with Crippen LogP contribution in [0.2, 0.25) is 0 Å². The van der Waals surface area contributed by atoms with Crippen LogP contribution in [0.4, 0.5) is 5.69 Å². The van der Waals surface area contributed by atoms with Gasteiger partial charge in [0, 0.05) is 6.04 Å². The fraction of sp³-hybridized carbons (Fsp3) is 0.500. The Morgan fingerprint density at radius 1 is 1.56 bits per heavy atom. The monoisotopic (exact) mass is 248 g/mol. The van der Waals surface area contributed by atoms with Gasteiger partial charge in [0.05, 0.1) is 18.4 Å². The van der Waals surface area contributed by atoms with Crippen LogP contribution in [0.1, 0.15) is 36.5 Å². The standard InChI is InChI=1S/C14H20N2O2/c1-9(8-10-6-7-10)16-14(17)11-4-3-5-12(15)13(11)18-2/h3-5,9-10H,6-8,15H2,1-2H3,(H,16,17). The van der Waals surface area contributed by atoms with E-state index in [9.17, 15) is 4.79 Å². The van der Waals surface area contributed by atoms with Crippen LogP contribution in [0.25, 0.3) is 0 Å². The molecule has 0 aliphatic heterocycles. The summed E-state index contributed by atoms with van der Waals surface area (Å²) in [6.45, 7) is 2.04. The lowest BCUT2D eigenvalue weighted by Gasteiger charge is -2.15. The van der Waals surface area contributed by atoms with Crippen LogP contribution < -0.4 is 15.8 Å². The molecule has 2 rings (SSSR count). The Kier molecular flexibility index (Phi) is 3.75. The van der Waals surface area contributed by atoms with Gasteiger partial charge in [0.25, 0.3) is 5.91 Å². The highest BCUT2D eigenvalue weighted by molar-refractivity contribution is 5.98. The number of nitrogen functional groups attached to an aromatic ring is 1. The first-order valence-electron chi connectivity index (χ1n) is 6.35. The molecule has 18 heavy (non-hydrogen) atoms. The first-order chi connectivity index (χ1) is 8.61. The smallest absolute Gasteiger partial charge is 0.255 e. The Bertz CT molecular complexity index is 441. The third-order valence-electron chi connectivity index (χ3n) is 3.26. The SMILES string of the molecule is COc1c(N)cccc1C(=O)NC(C)CC1CC1. The summed E-state index contributed by atoms with van der Waals surface area (Å²) >= 11 is 0. The molecule has 4 heteroatoms. The van der Waals surface area contributed by atoms with Crippen LogP contribution in [0.5, 0.6) is 5.75 Å². The Labute approximate surface area is 108 Å². The zero-order valence-electron chi connectivity index (χ0n) is 10.9. The Morgan fingerprint density at radius 2 is 2.28 bits per heavy atom. The number of nitrogens with two attached hydrogens (primary N) is 1. The number of carbonyl (C=O) groups excluding carboxylic acids is 1. The van der Waals surface area contributed by atoms with E-state index in [1.807, 2.05) is 6.92 Å². The number of para-hydroxylation sites is 1. The molecule has 1 atom stereocenters. The number of benzene rings is 1. The first kappa shape index (κ1) is 12.7. The molecule has 0 radical (unpaired) electrons. The second-order valence-corrected chi connectivity index (χ2v) is 4.98. The Morgan fingerprint density at radius 3 is 2.89 bits per heavy atom. The van der Waals surface area contributed by atoms with E-state index in [-0.39, 0.29) is 11.9 Å². The molecule has 1 fully saturated rings. The maximum atomic E-state index is 12.1. The minimum absolute atomic E-state index is 0.118. The van der Waals surface area contributed by atoms with Gasteiger partial charge in [-0.3, -0.25) is 4.79 Å². The molecule has 0 aromatic heterocycles. The van der Waals surface area contributed by atoms with E-state index < -0.39 is 0 Å². The van der Waals surface area contributed by atoms with Crippen LogP contribution in [0, 0.1) is 5.92 Å². The summed E-state index contributed by atoms with van der Waals surface area (Å²) in [5.74, 6) is 1.13. The van der Waals surface area contributed by atoms with E-state index in [0.29, 0.717) is 17.0 Å². The summed E-state index contributed by atoms with van der Waals surface area (Å²) < 4.78 is 5.19. The van der Waals surface area contributed by atoms with E-state index in [1.54, 1.807) is 18.2 Å². The maximum Gasteiger partial charge on any atom is 0.255 e. The second-order valence-electron chi connectivity index (χ2n) is 4.98. The average Bonchev–Trinajstić information content (AvgIpc) is 3.12. The predicted molar refractivity (Wildman–Crippen MR) is 71.7 cm³/mol. The van der Waals surface area contributed by atoms with E-state index >= 15 is 0 Å². The highest BCUT2D eigenvalue weighted by atomic mass is 16.5. The lowest BCUT2D eigenvalue weighted by Crippen LogP contribution is -2.33. The highest BCUT2D eigenvalue weighted by Gasteiger charge is 2.25. The lowest BCUT2D eigenvalue weighted by molar-refractivity contribution is 0.0934. The third-order valence-corrected chi connectivity index (χ3v) is 3.26. The van der Waals surface area contributed by atoms with Crippen molar-refractivity contribution in [3.05, 3.63) is 23.8 Å². The highest BCUT2D eigenvalue weighted by Crippen LogP contribution is 2.33. The lowest BCUT2D eigenvalue weighted by atomic mass is 10.1. The van der Waals surface area contributed by atoms with Crippen LogP contribution >= 0.6 is 0 Å². The van der Waals surface area contributed by atoms with Gasteiger partial charge >= 0.3 is 0 Å². The summed E-state index contributed by atoms with van der Waals surface area (Å²) in [7, 11) is 1.52. The van der Waals surface area contributed by atoms with Crippen LogP contribution in [-0.2, 0) is 0 Å². The van der Waals surface area contributed by atoms with Gasteiger partial charge in [-0.1, -0.05) is 18.9 Å². The molecule has 1 saturated carbocycles. The number of carbonyl (C=O) groups is 1. The van der Waals surface area contributed by atoms with Crippen molar-refractivity contribution in [1.82, 2.24) is 5.32 Å². The van der Waals surface area contributed by atoms with E-state index in [0.717, 1.165) is 12.3 Å². The first-order valence-corrected chi connectivity index (χ1v) is 6.35. The number of hydrogen-bond donors (Lipinski definition) is 2. The minimum atomic E-state index is -0.118. The zero-order valence-corrected chi connectivity index (χ0v) is 10.9. The quantitative estimate of drug-likeness (QED) is 0.785. The molecule has 1 aromatic carbocycles. The fourth-order valence-corrected chi connectivity index (χ4v) is 2.18. The van der Waals surface area contributed by atoms with Crippen molar-refractivity contribution in [2.45, 2.75) is 32.2 Å². The van der Waals surface area contributed by atoms with Gasteiger partial charge in [0.2, 0.25) is 0 Å². The molecular formula is C14H20N2O2. The fourth-order valence-electron chi connectivity index (χ4n) is 2.18. The third kappa shape index (κ3) is 2.94. The number of amides is 1. The van der Waals surface area contributed by atoms with Crippen molar-refractivity contribution in [3.8, 4) is 5.75 Å². The van der Waals surface area contributed by atoms with Crippen molar-refractivity contribution in [2.75, 3.05) is 12.8 Å². The van der Waals surface area contributed by atoms with E-state index in [1.165, 1.54) is 20.0 Å². The van der Waals surface area contributed by atoms with Crippen molar-refractivity contribution in [2.24, 2.45) is 5.92 Å². The Hall–Kier alpha value is -1.71. The van der Waals surface area contributed by atoms with Gasteiger partial charge in [-0.2, -0.15) is 0 Å². The molecule has 1 aliphatic rings. The number of methoxy groups -OCH3 is 1. The molecule has 0 bridgehead atoms. The number of rotatable bonds is 5. The van der Waals surface area contributed by atoms with Crippen molar-refractivity contribution >= 4 is 11.6 Å². The topological polar surface area (TPSA) is 64.3 Å². The summed E-state index contributed by atoms with van der Waals surface area (Å²) in [4.78, 5) is 12.1. The van der Waals surface area contributed by atoms with Gasteiger partial charge in [-0.25, -0.2) is 0 Å². The molecule has 0 spiro atoms. The summed E-state index contributed by atoms with van der Waals surface area (Å²) in [6, 6.07) is 5.41. The second kappa shape index (κ2) is 5.29. The number of anilines is 1. The van der Waals surface area contributed by atoms with Crippen LogP contribution in [-0.4, -0.2) is 19.1 Å². The Balaban J connectivity index is 2.05. The van der Waals surface area contributed by atoms with Gasteiger partial charge in [0.1, 0.15) is 0 Å². The molecule has 1 aromatic rings. The largest absolute Gasteiger partial charge is 0.494 e. The molecule has 98 valence electrons. The minimum Gasteiger partial charge on any atom is -0.494 e. The summed E-state index contributed by atoms with van der Waals surface area (Å²) in [6.07, 6.45) is 3.64. The number of nitrogens with one attached hydrogen (secondary N) is 1. The molecule has 1 unspecified atom stereocenters. The number of ether oxygens (including phenoxy) is 1. The van der Waals surface area contributed by atoms with Crippen molar-refractivity contribution in [3.63, 3.8) is 0 Å². The summed E-state index contributed by atoms with van der Waals surface area (Å²) in [5.41, 5.74) is 6.77. The van der Waals surface area contributed by atoms with Gasteiger partial charge in [-0.05, 0) is 31.4 Å². The molecule has 3 N–H and O–H groups in total. The van der Waals surface area contributed by atoms with E-state index in [2.05, 4.69) is 5.32 Å². The molecule has 4 nitrogen and oxygen atoms in total. The van der Waals surface area contributed by atoms with E-state index in [4.69, 9.17) is 10.5 Å². The van der Waals surface area contributed by atoms with Crippen molar-refractivity contribution < 1.29 is 9.53 Å². The molecular weight excluding hydrogens is 228 g/mol. The molecule has 1 amide bonds. The molecule has 0 saturated heterocycles. The predicted octanol–water partition coefficient (Wildman–Crippen LogP) is 2.20. The molecule has 1 aliphatic carbocycles. The van der Waals surface area contributed by atoms with Gasteiger partial charge in [-0.15, -0.1) is 0 Å². The van der Waals surface area contributed by atoms with Crippen LogP contribution in [0.3, 0.4) is 0 Å². The van der Waals surface area contributed by atoms with Crippen LogP contribution in [0.15, 0.2) is 18.2 Å². The average molecular weight is 248 g/mol. The van der Waals surface area contributed by atoms with Crippen molar-refractivity contribution in [1.29, 1.82) is 0 Å².